The molecule has 1 unspecified atom stereocenters. The molecule has 1 N–H and O–H groups in total. The SMILES string of the molecule is Cc1nc2cc(=O)[nH]n2c(C)c1CC(=O)N1CCCC2(CCCCO2)C1. The maximum Gasteiger partial charge on any atom is 0.266 e. The minimum absolute atomic E-state index is 0.111. The molecular weight excluding hydrogens is 332 g/mol. The number of aromatic amines is 1. The highest BCUT2D eigenvalue weighted by Crippen LogP contribution is 2.34. The van der Waals surface area contributed by atoms with E-state index in [1.54, 1.807) is 4.52 Å². The Morgan fingerprint density at radius 3 is 2.88 bits per heavy atom. The van der Waals surface area contributed by atoms with Crippen LogP contribution in [0.4, 0.5) is 0 Å². The summed E-state index contributed by atoms with van der Waals surface area (Å²) in [6, 6.07) is 1.47. The highest BCUT2D eigenvalue weighted by atomic mass is 16.5. The van der Waals surface area contributed by atoms with E-state index in [0.29, 0.717) is 18.6 Å². The maximum absolute atomic E-state index is 13.0. The van der Waals surface area contributed by atoms with Gasteiger partial charge in [-0.1, -0.05) is 0 Å². The van der Waals surface area contributed by atoms with Crippen molar-refractivity contribution >= 4 is 11.6 Å². The molecule has 1 atom stereocenters. The average Bonchev–Trinajstić information content (AvgIpc) is 2.99. The normalized spacial score (nSPS) is 23.7. The summed E-state index contributed by atoms with van der Waals surface area (Å²) in [5.74, 6) is 0.111. The molecule has 1 amide bonds. The van der Waals surface area contributed by atoms with Crippen molar-refractivity contribution in [2.24, 2.45) is 0 Å². The fraction of sp³-hybridized carbons (Fsp3) is 0.632. The molecule has 2 fully saturated rings. The van der Waals surface area contributed by atoms with Gasteiger partial charge in [-0.05, 0) is 46.0 Å². The van der Waals surface area contributed by atoms with Crippen molar-refractivity contribution in [3.8, 4) is 0 Å². The van der Waals surface area contributed by atoms with Crippen LogP contribution in [0, 0.1) is 13.8 Å². The van der Waals surface area contributed by atoms with E-state index in [1.807, 2.05) is 18.7 Å². The summed E-state index contributed by atoms with van der Waals surface area (Å²) in [4.78, 5) is 31.0. The van der Waals surface area contributed by atoms with Crippen molar-refractivity contribution in [2.75, 3.05) is 19.7 Å². The van der Waals surface area contributed by atoms with Crippen LogP contribution in [-0.4, -0.2) is 50.7 Å². The summed E-state index contributed by atoms with van der Waals surface area (Å²) in [6.07, 6.45) is 5.69. The number of hydrogen-bond donors (Lipinski definition) is 1. The standard InChI is InChI=1S/C19H26N4O3/c1-13-15(14(2)23-16(20-13)11-17(24)21-23)10-18(25)22-8-5-7-19(12-22)6-3-4-9-26-19/h11H,3-10,12H2,1-2H3,(H,21,24). The number of carbonyl (C=O) groups is 1. The lowest BCUT2D eigenvalue weighted by Gasteiger charge is -2.45. The zero-order valence-corrected chi connectivity index (χ0v) is 15.5. The van der Waals surface area contributed by atoms with Gasteiger partial charge in [0.2, 0.25) is 5.91 Å². The second-order valence-electron chi connectivity index (χ2n) is 7.66. The van der Waals surface area contributed by atoms with Crippen LogP contribution in [0.2, 0.25) is 0 Å². The van der Waals surface area contributed by atoms with Crippen LogP contribution in [0.1, 0.15) is 49.1 Å². The highest BCUT2D eigenvalue weighted by Gasteiger charge is 2.39. The van der Waals surface area contributed by atoms with Gasteiger partial charge in [0.15, 0.2) is 5.65 Å². The lowest BCUT2D eigenvalue weighted by atomic mass is 9.85. The molecule has 4 rings (SSSR count). The number of piperidine rings is 1. The van der Waals surface area contributed by atoms with Crippen molar-refractivity contribution in [3.63, 3.8) is 0 Å². The third-order valence-electron chi connectivity index (χ3n) is 5.86. The van der Waals surface area contributed by atoms with Gasteiger partial charge in [-0.2, -0.15) is 0 Å². The third-order valence-corrected chi connectivity index (χ3v) is 5.86. The molecule has 0 bridgehead atoms. The number of H-pyrrole nitrogens is 1. The molecule has 140 valence electrons. The molecule has 0 aliphatic carbocycles. The predicted molar refractivity (Wildman–Crippen MR) is 97.3 cm³/mol. The summed E-state index contributed by atoms with van der Waals surface area (Å²) >= 11 is 0. The first kappa shape index (κ1) is 17.3. The van der Waals surface area contributed by atoms with Crippen LogP contribution >= 0.6 is 0 Å². The number of fused-ring (bicyclic) bond motifs is 1. The minimum Gasteiger partial charge on any atom is -0.373 e. The monoisotopic (exact) mass is 358 g/mol. The number of carbonyl (C=O) groups excluding carboxylic acids is 1. The second-order valence-corrected chi connectivity index (χ2v) is 7.66. The Labute approximate surface area is 152 Å². The van der Waals surface area contributed by atoms with Gasteiger partial charge in [-0.25, -0.2) is 9.50 Å². The minimum atomic E-state index is -0.184. The first-order valence-electron chi connectivity index (χ1n) is 9.47. The molecule has 2 aliphatic rings. The number of likely N-dealkylation sites (tertiary alicyclic amines) is 1. The van der Waals surface area contributed by atoms with Gasteiger partial charge in [0, 0.05) is 42.7 Å². The van der Waals surface area contributed by atoms with Crippen molar-refractivity contribution in [1.82, 2.24) is 19.5 Å². The van der Waals surface area contributed by atoms with Crippen molar-refractivity contribution in [2.45, 2.75) is 58.0 Å². The number of rotatable bonds is 2. The summed E-state index contributed by atoms with van der Waals surface area (Å²) in [5, 5.41) is 2.75. The zero-order valence-electron chi connectivity index (χ0n) is 15.5. The second kappa shape index (κ2) is 6.54. The van der Waals surface area contributed by atoms with Gasteiger partial charge in [-0.15, -0.1) is 0 Å². The molecule has 1 spiro atoms. The third kappa shape index (κ3) is 3.05. The van der Waals surface area contributed by atoms with E-state index in [9.17, 15) is 9.59 Å². The zero-order chi connectivity index (χ0) is 18.3. The lowest BCUT2D eigenvalue weighted by Crippen LogP contribution is -2.53. The quantitative estimate of drug-likeness (QED) is 0.887. The smallest absolute Gasteiger partial charge is 0.266 e. The average molecular weight is 358 g/mol. The van der Waals surface area contributed by atoms with Crippen LogP contribution < -0.4 is 5.56 Å². The van der Waals surface area contributed by atoms with E-state index < -0.39 is 0 Å². The van der Waals surface area contributed by atoms with E-state index in [2.05, 4.69) is 10.1 Å². The van der Waals surface area contributed by atoms with Gasteiger partial charge < -0.3 is 9.64 Å². The Kier molecular flexibility index (Phi) is 4.34. The predicted octanol–water partition coefficient (Wildman–Crippen LogP) is 1.74. The van der Waals surface area contributed by atoms with E-state index >= 15 is 0 Å². The Hall–Kier alpha value is -2.15. The fourth-order valence-corrected chi connectivity index (χ4v) is 4.42. The van der Waals surface area contributed by atoms with E-state index in [4.69, 9.17) is 4.74 Å². The Morgan fingerprint density at radius 2 is 2.12 bits per heavy atom. The van der Waals surface area contributed by atoms with E-state index in [1.165, 1.54) is 12.5 Å². The maximum atomic E-state index is 13.0. The van der Waals surface area contributed by atoms with Crippen molar-refractivity contribution in [3.05, 3.63) is 33.4 Å². The Morgan fingerprint density at radius 1 is 1.31 bits per heavy atom. The Balaban J connectivity index is 1.56. The molecule has 2 saturated heterocycles. The van der Waals surface area contributed by atoms with Gasteiger partial charge in [0.25, 0.3) is 5.56 Å². The molecule has 0 aromatic carbocycles. The lowest BCUT2D eigenvalue weighted by molar-refractivity contribution is -0.148. The number of amides is 1. The van der Waals surface area contributed by atoms with Gasteiger partial charge in [0.05, 0.1) is 12.0 Å². The molecule has 4 heterocycles. The van der Waals surface area contributed by atoms with Crippen LogP contribution in [0.5, 0.6) is 0 Å². The van der Waals surface area contributed by atoms with Crippen LogP contribution in [0.15, 0.2) is 10.9 Å². The van der Waals surface area contributed by atoms with Crippen LogP contribution in [-0.2, 0) is 16.0 Å². The van der Waals surface area contributed by atoms with E-state index in [-0.39, 0.29) is 17.1 Å². The van der Waals surface area contributed by atoms with E-state index in [0.717, 1.165) is 55.8 Å². The van der Waals surface area contributed by atoms with Gasteiger partial charge in [0.1, 0.15) is 0 Å². The topological polar surface area (TPSA) is 79.7 Å². The van der Waals surface area contributed by atoms with Gasteiger partial charge in [-0.3, -0.25) is 14.7 Å². The molecule has 7 heteroatoms. The van der Waals surface area contributed by atoms with Crippen molar-refractivity contribution in [1.29, 1.82) is 0 Å². The number of aromatic nitrogens is 3. The molecule has 2 aromatic heterocycles. The van der Waals surface area contributed by atoms with Crippen LogP contribution in [0.25, 0.3) is 5.65 Å². The number of ether oxygens (including phenoxy) is 1. The molecule has 7 nitrogen and oxygen atoms in total. The fourth-order valence-electron chi connectivity index (χ4n) is 4.42. The van der Waals surface area contributed by atoms with Gasteiger partial charge >= 0.3 is 0 Å². The summed E-state index contributed by atoms with van der Waals surface area (Å²) in [6.45, 7) is 6.11. The molecular formula is C19H26N4O3. The Bertz CT molecular complexity index is 887. The molecule has 0 radical (unpaired) electrons. The number of hydrogen-bond acceptors (Lipinski definition) is 4. The summed E-state index contributed by atoms with van der Waals surface area (Å²) in [5.41, 5.74) is 2.83. The molecule has 2 aromatic rings. The van der Waals surface area contributed by atoms with Crippen LogP contribution in [0.3, 0.4) is 0 Å². The molecule has 2 aliphatic heterocycles. The number of nitrogens with one attached hydrogen (secondary N) is 1. The number of nitrogens with zero attached hydrogens (tertiary/aromatic N) is 3. The summed E-state index contributed by atoms with van der Waals surface area (Å²) < 4.78 is 7.76. The number of aryl methyl sites for hydroxylation is 2. The summed E-state index contributed by atoms with van der Waals surface area (Å²) in [7, 11) is 0. The van der Waals surface area contributed by atoms with Crippen molar-refractivity contribution < 1.29 is 9.53 Å². The first-order valence-corrected chi connectivity index (χ1v) is 9.47. The molecule has 0 saturated carbocycles. The molecule has 26 heavy (non-hydrogen) atoms. The largest absolute Gasteiger partial charge is 0.373 e. The first-order chi connectivity index (χ1) is 12.5. The highest BCUT2D eigenvalue weighted by molar-refractivity contribution is 5.79.